The number of hydrogen-bond acceptors (Lipinski definition) is 2. The molecule has 15 heavy (non-hydrogen) atoms. The van der Waals surface area contributed by atoms with Crippen LogP contribution in [0.4, 0.5) is 0 Å². The first-order chi connectivity index (χ1) is 7.42. The number of benzene rings is 1. The summed E-state index contributed by atoms with van der Waals surface area (Å²) in [5.74, 6) is 0.543. The van der Waals surface area contributed by atoms with E-state index in [9.17, 15) is 4.89 Å². The largest absolute Gasteiger partial charge is 0.820 e. The lowest BCUT2D eigenvalue weighted by Crippen LogP contribution is -2.33. The zero-order chi connectivity index (χ0) is 10.5. The van der Waals surface area contributed by atoms with Gasteiger partial charge in [-0.25, -0.2) is 0 Å². The van der Waals surface area contributed by atoms with Gasteiger partial charge in [-0.1, -0.05) is 43.2 Å². The molecular formula is C12H17NOP-. The molecule has 3 unspecified atom stereocenters. The van der Waals surface area contributed by atoms with Crippen molar-refractivity contribution in [2.45, 2.75) is 37.6 Å². The van der Waals surface area contributed by atoms with E-state index in [4.69, 9.17) is 0 Å². The zero-order valence-electron chi connectivity index (χ0n) is 8.78. The Morgan fingerprint density at radius 1 is 1.13 bits per heavy atom. The van der Waals surface area contributed by atoms with E-state index >= 15 is 0 Å². The first-order valence-corrected chi connectivity index (χ1v) is 6.50. The normalized spacial score (nSPS) is 27.3. The van der Waals surface area contributed by atoms with Crippen molar-refractivity contribution in [3.8, 4) is 0 Å². The van der Waals surface area contributed by atoms with Crippen LogP contribution in [0.3, 0.4) is 0 Å². The van der Waals surface area contributed by atoms with Gasteiger partial charge in [0, 0.05) is 6.04 Å². The van der Waals surface area contributed by atoms with Crippen molar-refractivity contribution in [2.75, 3.05) is 0 Å². The van der Waals surface area contributed by atoms with Crippen molar-refractivity contribution in [2.24, 2.45) is 0 Å². The maximum Gasteiger partial charge on any atom is 0.0157 e. The molecule has 1 saturated carbocycles. The van der Waals surface area contributed by atoms with Crippen LogP contribution in [0, 0.1) is 0 Å². The van der Waals surface area contributed by atoms with Gasteiger partial charge in [0.25, 0.3) is 0 Å². The van der Waals surface area contributed by atoms with Crippen LogP contribution in [0.15, 0.2) is 30.3 Å². The average molecular weight is 222 g/mol. The van der Waals surface area contributed by atoms with Crippen LogP contribution in [0.25, 0.3) is 0 Å². The molecule has 0 heterocycles. The van der Waals surface area contributed by atoms with Gasteiger partial charge in [-0.15, -0.1) is 8.96 Å². The Balaban J connectivity index is 2.11. The summed E-state index contributed by atoms with van der Waals surface area (Å²) in [5.41, 5.74) is 1.38. The summed E-state index contributed by atoms with van der Waals surface area (Å²) in [5, 5.41) is 3.11. The standard InChI is InChI=1S/C12H17NOP/c14-15-13-12-9-5-4-8-11(12)10-6-2-1-3-7-10/h1-3,6-7,11-13,15H,4-5,8-9H2/q-1. The van der Waals surface area contributed by atoms with Crippen LogP contribution in [0.5, 0.6) is 0 Å². The molecule has 1 aliphatic rings. The molecule has 1 aromatic rings. The highest BCUT2D eigenvalue weighted by Gasteiger charge is 2.24. The third kappa shape index (κ3) is 2.78. The molecule has 0 spiro atoms. The van der Waals surface area contributed by atoms with Gasteiger partial charge in [-0.2, -0.15) is 0 Å². The molecule has 1 aromatic carbocycles. The Bertz CT molecular complexity index is 289. The van der Waals surface area contributed by atoms with E-state index in [-0.39, 0.29) is 8.96 Å². The molecule has 82 valence electrons. The van der Waals surface area contributed by atoms with Gasteiger partial charge in [0.15, 0.2) is 0 Å². The Morgan fingerprint density at radius 3 is 2.60 bits per heavy atom. The van der Waals surface area contributed by atoms with Crippen LogP contribution < -0.4 is 9.98 Å². The molecule has 1 aliphatic carbocycles. The van der Waals surface area contributed by atoms with Crippen molar-refractivity contribution < 1.29 is 4.89 Å². The van der Waals surface area contributed by atoms with Gasteiger partial charge in [-0.05, 0) is 24.3 Å². The minimum absolute atomic E-state index is 0.380. The fraction of sp³-hybridized carbons (Fsp3) is 0.500. The minimum atomic E-state index is -0.380. The molecular weight excluding hydrogens is 205 g/mol. The molecule has 0 radical (unpaired) electrons. The van der Waals surface area contributed by atoms with Crippen molar-refractivity contribution in [3.63, 3.8) is 0 Å². The third-order valence-corrected chi connectivity index (χ3v) is 3.73. The van der Waals surface area contributed by atoms with Gasteiger partial charge < -0.3 is 9.98 Å². The van der Waals surface area contributed by atoms with E-state index in [1.54, 1.807) is 0 Å². The van der Waals surface area contributed by atoms with Crippen molar-refractivity contribution >= 4 is 8.96 Å². The fourth-order valence-corrected chi connectivity index (χ4v) is 2.98. The van der Waals surface area contributed by atoms with Crippen molar-refractivity contribution in [1.82, 2.24) is 5.09 Å². The average Bonchev–Trinajstić information content (AvgIpc) is 2.31. The molecule has 3 heteroatoms. The summed E-state index contributed by atoms with van der Waals surface area (Å²) in [6.45, 7) is 0. The van der Waals surface area contributed by atoms with E-state index in [0.717, 1.165) is 6.42 Å². The quantitative estimate of drug-likeness (QED) is 0.795. The lowest BCUT2D eigenvalue weighted by molar-refractivity contribution is -0.153. The second-order valence-corrected chi connectivity index (χ2v) is 4.65. The third-order valence-electron chi connectivity index (χ3n) is 3.24. The minimum Gasteiger partial charge on any atom is -0.820 e. The van der Waals surface area contributed by atoms with Crippen molar-refractivity contribution in [3.05, 3.63) is 35.9 Å². The highest BCUT2D eigenvalue weighted by molar-refractivity contribution is 7.26. The van der Waals surface area contributed by atoms with Crippen LogP contribution in [-0.4, -0.2) is 6.04 Å². The predicted molar refractivity (Wildman–Crippen MR) is 62.9 cm³/mol. The van der Waals surface area contributed by atoms with E-state index in [1.807, 2.05) is 6.07 Å². The first kappa shape index (κ1) is 11.1. The van der Waals surface area contributed by atoms with Crippen LogP contribution in [0.1, 0.15) is 37.2 Å². The fourth-order valence-electron chi connectivity index (χ4n) is 2.48. The second kappa shape index (κ2) is 5.60. The number of rotatable bonds is 3. The monoisotopic (exact) mass is 222 g/mol. The smallest absolute Gasteiger partial charge is 0.0157 e. The molecule has 2 nitrogen and oxygen atoms in total. The summed E-state index contributed by atoms with van der Waals surface area (Å²) >= 11 is 0. The maximum atomic E-state index is 10.7. The SMILES string of the molecule is [O-]PNC1CCCCC1c1ccccc1. The summed E-state index contributed by atoms with van der Waals surface area (Å²) in [7, 11) is -0.380. The predicted octanol–water partition coefficient (Wildman–Crippen LogP) is 2.17. The van der Waals surface area contributed by atoms with E-state index < -0.39 is 0 Å². The number of hydrogen-bond donors (Lipinski definition) is 1. The molecule has 0 bridgehead atoms. The molecule has 0 amide bonds. The lowest BCUT2D eigenvalue weighted by Gasteiger charge is -2.33. The Hall–Kier alpha value is -0.430. The maximum absolute atomic E-state index is 10.7. The molecule has 0 aromatic heterocycles. The topological polar surface area (TPSA) is 35.1 Å². The Labute approximate surface area is 93.0 Å². The zero-order valence-corrected chi connectivity index (χ0v) is 9.78. The van der Waals surface area contributed by atoms with Gasteiger partial charge in [-0.3, -0.25) is 0 Å². The lowest BCUT2D eigenvalue weighted by atomic mass is 9.80. The van der Waals surface area contributed by atoms with E-state index in [2.05, 4.69) is 29.4 Å². The second-order valence-electron chi connectivity index (χ2n) is 4.15. The molecule has 2 rings (SSSR count). The van der Waals surface area contributed by atoms with Crippen LogP contribution in [0.2, 0.25) is 0 Å². The van der Waals surface area contributed by atoms with Gasteiger partial charge in [0.1, 0.15) is 0 Å². The van der Waals surface area contributed by atoms with Gasteiger partial charge in [0.2, 0.25) is 0 Å². The highest BCUT2D eigenvalue weighted by atomic mass is 31.1. The first-order valence-electron chi connectivity index (χ1n) is 5.59. The Morgan fingerprint density at radius 2 is 1.87 bits per heavy atom. The summed E-state index contributed by atoms with van der Waals surface area (Å²) < 4.78 is 0. The summed E-state index contributed by atoms with van der Waals surface area (Å²) in [6, 6.07) is 11.0. The molecule has 0 aliphatic heterocycles. The molecule has 1 N–H and O–H groups in total. The molecule has 0 saturated heterocycles. The number of nitrogens with one attached hydrogen (secondary N) is 1. The van der Waals surface area contributed by atoms with E-state index in [0.29, 0.717) is 12.0 Å². The van der Waals surface area contributed by atoms with Crippen LogP contribution in [-0.2, 0) is 0 Å². The van der Waals surface area contributed by atoms with E-state index in [1.165, 1.54) is 24.8 Å². The Kier molecular flexibility index (Phi) is 4.13. The van der Waals surface area contributed by atoms with Gasteiger partial charge >= 0.3 is 0 Å². The van der Waals surface area contributed by atoms with Gasteiger partial charge in [0.05, 0.1) is 0 Å². The molecule has 3 atom stereocenters. The van der Waals surface area contributed by atoms with Crippen LogP contribution >= 0.6 is 8.96 Å². The van der Waals surface area contributed by atoms with Crippen molar-refractivity contribution in [1.29, 1.82) is 0 Å². The molecule has 1 fully saturated rings. The highest BCUT2D eigenvalue weighted by Crippen LogP contribution is 2.33. The summed E-state index contributed by atoms with van der Waals surface area (Å²) in [4.78, 5) is 10.7. The summed E-state index contributed by atoms with van der Waals surface area (Å²) in [6.07, 6.45) is 4.91.